The first-order valence-electron chi connectivity index (χ1n) is 8.36. The highest BCUT2D eigenvalue weighted by Crippen LogP contribution is 2.38. The molecule has 2 heterocycles. The average Bonchev–Trinajstić information content (AvgIpc) is 2.62. The van der Waals surface area contributed by atoms with E-state index >= 15 is 0 Å². The molecule has 0 N–H and O–H groups in total. The fraction of sp³-hybridized carbons (Fsp3) is 0.263. The van der Waals surface area contributed by atoms with Crippen LogP contribution in [0.1, 0.15) is 16.8 Å². The van der Waals surface area contributed by atoms with Crippen LogP contribution in [0.5, 0.6) is 0 Å². The topological polar surface area (TPSA) is 33.2 Å². The van der Waals surface area contributed by atoms with Gasteiger partial charge in [0.2, 0.25) is 5.91 Å². The summed E-state index contributed by atoms with van der Waals surface area (Å²) in [6.45, 7) is -1.46. The lowest BCUT2D eigenvalue weighted by molar-refractivity contribution is -0.160. The van der Waals surface area contributed by atoms with Gasteiger partial charge in [-0.1, -0.05) is 6.07 Å². The van der Waals surface area contributed by atoms with Crippen LogP contribution in [0.4, 0.5) is 35.1 Å². The van der Waals surface area contributed by atoms with Crippen LogP contribution in [0, 0.1) is 0 Å². The number of pyridine rings is 1. The maximum absolute atomic E-state index is 13.0. The van der Waals surface area contributed by atoms with Gasteiger partial charge in [-0.3, -0.25) is 4.79 Å². The van der Waals surface area contributed by atoms with Gasteiger partial charge in [0.25, 0.3) is 5.92 Å². The number of nitrogens with zero attached hydrogens (tertiary/aromatic N) is 2. The highest BCUT2D eigenvalue weighted by Gasteiger charge is 2.45. The second-order valence-corrected chi connectivity index (χ2v) is 6.63. The molecule has 0 saturated carbocycles. The molecule has 0 aliphatic carbocycles. The first-order chi connectivity index (χ1) is 13.7. The van der Waals surface area contributed by atoms with Gasteiger partial charge in [0.1, 0.15) is 0 Å². The van der Waals surface area contributed by atoms with E-state index in [9.17, 15) is 39.9 Å². The largest absolute Gasteiger partial charge is 0.416 e. The van der Waals surface area contributed by atoms with Gasteiger partial charge in [-0.25, -0.2) is 13.8 Å². The normalized spacial score (nSPS) is 16.6. The standard InChI is InChI=1S/C19H12F8N2O/c20-17(21)9-29(10-17)16(30)5-4-14-2-1-3-15(28-14)11-6-12(18(22,23)24)8-13(7-11)19(25,26)27/h1-8H,9-10H2/b5-4+. The number of likely N-dealkylation sites (tertiary alicyclic amines) is 1. The Labute approximate surface area is 164 Å². The first-order valence-corrected chi connectivity index (χ1v) is 8.36. The van der Waals surface area contributed by atoms with Gasteiger partial charge in [0.05, 0.1) is 35.6 Å². The number of halogens is 8. The van der Waals surface area contributed by atoms with E-state index in [2.05, 4.69) is 4.98 Å². The first kappa shape index (κ1) is 21.7. The Balaban J connectivity index is 1.90. The number of aromatic nitrogens is 1. The predicted octanol–water partition coefficient (Wildman–Crippen LogP) is 5.28. The summed E-state index contributed by atoms with van der Waals surface area (Å²) in [5.74, 6) is -3.66. The van der Waals surface area contributed by atoms with Gasteiger partial charge in [-0.2, -0.15) is 26.3 Å². The highest BCUT2D eigenvalue weighted by atomic mass is 19.4. The number of benzene rings is 1. The third-order valence-electron chi connectivity index (χ3n) is 4.21. The zero-order valence-electron chi connectivity index (χ0n) is 14.9. The maximum Gasteiger partial charge on any atom is 0.416 e. The van der Waals surface area contributed by atoms with Gasteiger partial charge in [-0.15, -0.1) is 0 Å². The molecule has 1 aromatic heterocycles. The van der Waals surface area contributed by atoms with Crippen LogP contribution < -0.4 is 0 Å². The van der Waals surface area contributed by atoms with E-state index in [1.165, 1.54) is 18.2 Å². The van der Waals surface area contributed by atoms with Gasteiger partial charge in [-0.05, 0) is 36.4 Å². The lowest BCUT2D eigenvalue weighted by atomic mass is 10.0. The molecular weight excluding hydrogens is 424 g/mol. The Kier molecular flexibility index (Phi) is 5.33. The van der Waals surface area contributed by atoms with Crippen molar-refractivity contribution in [2.75, 3.05) is 13.1 Å². The van der Waals surface area contributed by atoms with Crippen LogP contribution in [0.25, 0.3) is 17.3 Å². The molecule has 11 heteroatoms. The summed E-state index contributed by atoms with van der Waals surface area (Å²) < 4.78 is 104. The van der Waals surface area contributed by atoms with Gasteiger partial charge in [0.15, 0.2) is 0 Å². The quantitative estimate of drug-likeness (QED) is 0.485. The molecule has 1 amide bonds. The van der Waals surface area contributed by atoms with E-state index in [-0.39, 0.29) is 17.5 Å². The lowest BCUT2D eigenvalue weighted by Crippen LogP contribution is -2.57. The van der Waals surface area contributed by atoms with Crippen molar-refractivity contribution in [3.8, 4) is 11.3 Å². The lowest BCUT2D eigenvalue weighted by Gasteiger charge is -2.37. The minimum absolute atomic E-state index is 0.00869. The minimum Gasteiger partial charge on any atom is -0.327 e. The Hall–Kier alpha value is -2.98. The zero-order chi connectivity index (χ0) is 22.3. The monoisotopic (exact) mass is 436 g/mol. The molecule has 160 valence electrons. The van der Waals surface area contributed by atoms with Crippen LogP contribution >= 0.6 is 0 Å². The fourth-order valence-electron chi connectivity index (χ4n) is 2.74. The Bertz CT molecular complexity index is 955. The molecule has 1 fully saturated rings. The zero-order valence-corrected chi connectivity index (χ0v) is 14.9. The summed E-state index contributed by atoms with van der Waals surface area (Å²) >= 11 is 0. The van der Waals surface area contributed by atoms with Crippen LogP contribution in [-0.4, -0.2) is 34.8 Å². The molecule has 30 heavy (non-hydrogen) atoms. The number of hydrogen-bond acceptors (Lipinski definition) is 2. The van der Waals surface area contributed by atoms with Crippen molar-refractivity contribution in [1.82, 2.24) is 9.88 Å². The Morgan fingerprint density at radius 3 is 2.03 bits per heavy atom. The SMILES string of the molecule is O=C(/C=C/c1cccc(-c2cc(C(F)(F)F)cc(C(F)(F)F)c2)n1)N1CC(F)(F)C1. The summed E-state index contributed by atoms with van der Waals surface area (Å²) in [4.78, 5) is 16.6. The van der Waals surface area contributed by atoms with Crippen molar-refractivity contribution in [2.24, 2.45) is 0 Å². The van der Waals surface area contributed by atoms with Crippen molar-refractivity contribution in [2.45, 2.75) is 18.3 Å². The van der Waals surface area contributed by atoms with Crippen molar-refractivity contribution in [3.05, 3.63) is 59.3 Å². The molecule has 1 aliphatic rings. The summed E-state index contributed by atoms with van der Waals surface area (Å²) in [6, 6.07) is 4.99. The number of alkyl halides is 8. The third-order valence-corrected chi connectivity index (χ3v) is 4.21. The van der Waals surface area contributed by atoms with E-state index < -0.39 is 54.0 Å². The van der Waals surface area contributed by atoms with E-state index in [1.54, 1.807) is 0 Å². The van der Waals surface area contributed by atoms with Crippen molar-refractivity contribution in [1.29, 1.82) is 0 Å². The smallest absolute Gasteiger partial charge is 0.327 e. The molecule has 1 aliphatic heterocycles. The molecule has 2 aromatic rings. The molecule has 1 saturated heterocycles. The molecule has 0 spiro atoms. The number of amides is 1. The van der Waals surface area contributed by atoms with E-state index in [1.807, 2.05) is 0 Å². The van der Waals surface area contributed by atoms with E-state index in [4.69, 9.17) is 0 Å². The van der Waals surface area contributed by atoms with Crippen molar-refractivity contribution < 1.29 is 39.9 Å². The highest BCUT2D eigenvalue weighted by molar-refractivity contribution is 5.92. The summed E-state index contributed by atoms with van der Waals surface area (Å²) in [7, 11) is 0. The molecule has 0 bridgehead atoms. The molecule has 3 rings (SSSR count). The molecule has 3 nitrogen and oxygen atoms in total. The van der Waals surface area contributed by atoms with Gasteiger partial charge < -0.3 is 4.90 Å². The van der Waals surface area contributed by atoms with Crippen LogP contribution in [-0.2, 0) is 17.1 Å². The average molecular weight is 436 g/mol. The number of carbonyl (C=O) groups excluding carboxylic acids is 1. The summed E-state index contributed by atoms with van der Waals surface area (Å²) in [5, 5.41) is 0. The predicted molar refractivity (Wildman–Crippen MR) is 90.2 cm³/mol. The minimum atomic E-state index is -5.00. The number of rotatable bonds is 3. The molecule has 0 radical (unpaired) electrons. The summed E-state index contributed by atoms with van der Waals surface area (Å²) in [5.41, 5.74) is -3.51. The van der Waals surface area contributed by atoms with Gasteiger partial charge in [0, 0.05) is 11.6 Å². The fourth-order valence-corrected chi connectivity index (χ4v) is 2.74. The van der Waals surface area contributed by atoms with Crippen molar-refractivity contribution >= 4 is 12.0 Å². The van der Waals surface area contributed by atoms with E-state index in [0.717, 1.165) is 17.1 Å². The van der Waals surface area contributed by atoms with Gasteiger partial charge >= 0.3 is 12.4 Å². The van der Waals surface area contributed by atoms with E-state index in [0.29, 0.717) is 12.1 Å². The molecule has 1 aromatic carbocycles. The Morgan fingerprint density at radius 1 is 0.967 bits per heavy atom. The third kappa shape index (κ3) is 4.95. The van der Waals surface area contributed by atoms with Crippen LogP contribution in [0.2, 0.25) is 0 Å². The Morgan fingerprint density at radius 2 is 1.53 bits per heavy atom. The molecule has 0 unspecified atom stereocenters. The number of hydrogen-bond donors (Lipinski definition) is 0. The second kappa shape index (κ2) is 7.37. The summed E-state index contributed by atoms with van der Waals surface area (Å²) in [6.07, 6.45) is -7.91. The van der Waals surface area contributed by atoms with Crippen LogP contribution in [0.3, 0.4) is 0 Å². The molecule has 0 atom stereocenters. The number of carbonyl (C=O) groups is 1. The van der Waals surface area contributed by atoms with Crippen LogP contribution in [0.15, 0.2) is 42.5 Å². The molecular formula is C19H12F8N2O. The van der Waals surface area contributed by atoms with Crippen molar-refractivity contribution in [3.63, 3.8) is 0 Å². The second-order valence-electron chi connectivity index (χ2n) is 6.63. The maximum atomic E-state index is 13.0.